The maximum Gasteiger partial charge on any atom is 0.142 e. The molecular formula is C18H23NO4. The Morgan fingerprint density at radius 1 is 1.13 bits per heavy atom. The minimum atomic E-state index is 0.0978. The van der Waals surface area contributed by atoms with E-state index in [1.165, 1.54) is 13.2 Å². The number of hydrogen-bond donors (Lipinski definition) is 4. The van der Waals surface area contributed by atoms with Gasteiger partial charge in [-0.1, -0.05) is 19.4 Å². The molecule has 0 fully saturated rings. The zero-order chi connectivity index (χ0) is 16.8. The molecule has 0 aliphatic carbocycles. The molecule has 23 heavy (non-hydrogen) atoms. The fourth-order valence-corrected chi connectivity index (χ4v) is 2.48. The summed E-state index contributed by atoms with van der Waals surface area (Å²) in [6.45, 7) is 2.34. The number of unbranched alkanes of at least 4 members (excludes halogenated alkanes) is 1. The predicted molar refractivity (Wildman–Crippen MR) is 90.4 cm³/mol. The molecule has 2 rings (SSSR count). The van der Waals surface area contributed by atoms with Gasteiger partial charge in [-0.15, -0.1) is 0 Å². The summed E-state index contributed by atoms with van der Waals surface area (Å²) < 4.78 is 5.23. The van der Waals surface area contributed by atoms with Crippen LogP contribution in [0.15, 0.2) is 30.3 Å². The molecule has 2 aromatic carbocycles. The highest BCUT2D eigenvalue weighted by Crippen LogP contribution is 2.35. The molecule has 5 nitrogen and oxygen atoms in total. The zero-order valence-electron chi connectivity index (χ0n) is 13.5. The molecule has 0 saturated heterocycles. The molecule has 0 radical (unpaired) electrons. The van der Waals surface area contributed by atoms with Crippen molar-refractivity contribution in [2.45, 2.75) is 32.7 Å². The summed E-state index contributed by atoms with van der Waals surface area (Å²) in [5.74, 6) is 0.900. The van der Waals surface area contributed by atoms with Crippen molar-refractivity contribution in [3.05, 3.63) is 41.5 Å². The van der Waals surface area contributed by atoms with Crippen LogP contribution in [0.2, 0.25) is 0 Å². The average molecular weight is 317 g/mol. The first-order chi connectivity index (χ1) is 11.1. The second-order valence-corrected chi connectivity index (χ2v) is 5.42. The quantitative estimate of drug-likeness (QED) is 0.462. The van der Waals surface area contributed by atoms with Crippen LogP contribution >= 0.6 is 0 Å². The Labute approximate surface area is 136 Å². The lowest BCUT2D eigenvalue weighted by Gasteiger charge is -2.15. The van der Waals surface area contributed by atoms with Crippen LogP contribution < -0.4 is 10.1 Å². The van der Waals surface area contributed by atoms with E-state index in [4.69, 9.17) is 4.74 Å². The third-order valence-electron chi connectivity index (χ3n) is 3.76. The monoisotopic (exact) mass is 317 g/mol. The van der Waals surface area contributed by atoms with E-state index in [2.05, 4.69) is 12.2 Å². The van der Waals surface area contributed by atoms with Gasteiger partial charge >= 0.3 is 0 Å². The molecule has 4 N–H and O–H groups in total. The summed E-state index contributed by atoms with van der Waals surface area (Å²) in [7, 11) is 1.53. The van der Waals surface area contributed by atoms with Gasteiger partial charge in [0.05, 0.1) is 18.4 Å². The second kappa shape index (κ2) is 7.63. The molecule has 0 atom stereocenters. The largest absolute Gasteiger partial charge is 0.508 e. The van der Waals surface area contributed by atoms with E-state index < -0.39 is 0 Å². The maximum atomic E-state index is 10.3. The third kappa shape index (κ3) is 4.00. The highest BCUT2D eigenvalue weighted by Gasteiger charge is 2.12. The summed E-state index contributed by atoms with van der Waals surface area (Å²) >= 11 is 0. The van der Waals surface area contributed by atoms with Gasteiger partial charge in [-0.05, 0) is 36.6 Å². The van der Waals surface area contributed by atoms with Crippen LogP contribution in [0.3, 0.4) is 0 Å². The lowest BCUT2D eigenvalue weighted by atomic mass is 10.1. The number of anilines is 1. The van der Waals surface area contributed by atoms with Crippen molar-refractivity contribution in [1.29, 1.82) is 0 Å². The number of aryl methyl sites for hydroxylation is 1. The fourth-order valence-electron chi connectivity index (χ4n) is 2.48. The molecule has 0 unspecified atom stereocenters. The first kappa shape index (κ1) is 16.8. The van der Waals surface area contributed by atoms with E-state index in [1.54, 1.807) is 24.3 Å². The molecular weight excluding hydrogens is 294 g/mol. The van der Waals surface area contributed by atoms with Gasteiger partial charge in [0.2, 0.25) is 0 Å². The predicted octanol–water partition coefficient (Wildman–Crippen LogP) is 3.77. The molecule has 0 heterocycles. The number of ether oxygens (including phenoxy) is 1. The van der Waals surface area contributed by atoms with Crippen LogP contribution in [0.5, 0.6) is 23.0 Å². The van der Waals surface area contributed by atoms with Crippen molar-refractivity contribution in [2.75, 3.05) is 12.4 Å². The molecule has 0 spiro atoms. The lowest BCUT2D eigenvalue weighted by Crippen LogP contribution is -2.03. The van der Waals surface area contributed by atoms with Crippen molar-refractivity contribution in [3.63, 3.8) is 0 Å². The van der Waals surface area contributed by atoms with Crippen LogP contribution in [0.1, 0.15) is 30.9 Å². The Hall–Kier alpha value is -2.56. The van der Waals surface area contributed by atoms with Crippen LogP contribution in [0.4, 0.5) is 5.69 Å². The molecule has 0 bridgehead atoms. The number of nitrogens with one attached hydrogen (secondary N) is 1. The van der Waals surface area contributed by atoms with E-state index in [0.717, 1.165) is 12.8 Å². The van der Waals surface area contributed by atoms with E-state index in [0.29, 0.717) is 29.0 Å². The van der Waals surface area contributed by atoms with Gasteiger partial charge in [-0.3, -0.25) is 0 Å². The Balaban J connectivity index is 2.22. The summed E-state index contributed by atoms with van der Waals surface area (Å²) in [6, 6.07) is 8.08. The summed E-state index contributed by atoms with van der Waals surface area (Å²) in [4.78, 5) is 0. The van der Waals surface area contributed by atoms with Gasteiger partial charge in [0.1, 0.15) is 23.0 Å². The van der Waals surface area contributed by atoms with E-state index >= 15 is 0 Å². The van der Waals surface area contributed by atoms with Crippen molar-refractivity contribution < 1.29 is 20.1 Å². The number of methoxy groups -OCH3 is 1. The molecule has 124 valence electrons. The fraction of sp³-hybridized carbons (Fsp3) is 0.333. The summed E-state index contributed by atoms with van der Waals surface area (Å²) in [5, 5.41) is 33.2. The molecule has 5 heteroatoms. The highest BCUT2D eigenvalue weighted by molar-refractivity contribution is 5.63. The summed E-state index contributed by atoms with van der Waals surface area (Å²) in [5.41, 5.74) is 1.73. The number of aromatic hydroxyl groups is 3. The van der Waals surface area contributed by atoms with E-state index in [1.807, 2.05) is 0 Å². The van der Waals surface area contributed by atoms with Gasteiger partial charge in [0, 0.05) is 12.6 Å². The van der Waals surface area contributed by atoms with Crippen molar-refractivity contribution in [3.8, 4) is 23.0 Å². The van der Waals surface area contributed by atoms with Gasteiger partial charge in [-0.25, -0.2) is 0 Å². The summed E-state index contributed by atoms with van der Waals surface area (Å²) in [6.07, 6.45) is 2.64. The second-order valence-electron chi connectivity index (χ2n) is 5.42. The molecule has 0 amide bonds. The highest BCUT2D eigenvalue weighted by atomic mass is 16.5. The third-order valence-corrected chi connectivity index (χ3v) is 3.76. The first-order valence-electron chi connectivity index (χ1n) is 7.70. The standard InChI is InChI=1S/C18H23NO4/c1-3-4-6-12-9-13(20)10-15(18(12)22)19-11-14-16(21)7-5-8-17(14)23-2/h5,7-10,19-22H,3-4,6,11H2,1-2H3. The zero-order valence-corrected chi connectivity index (χ0v) is 13.5. The Morgan fingerprint density at radius 3 is 2.61 bits per heavy atom. The average Bonchev–Trinajstić information content (AvgIpc) is 2.54. The molecule has 2 aromatic rings. The number of rotatable bonds is 7. The van der Waals surface area contributed by atoms with Crippen molar-refractivity contribution >= 4 is 5.69 Å². The number of hydrogen-bond acceptors (Lipinski definition) is 5. The molecule has 0 aromatic heterocycles. The smallest absolute Gasteiger partial charge is 0.142 e. The van der Waals surface area contributed by atoms with Gasteiger partial charge in [-0.2, -0.15) is 0 Å². The van der Waals surface area contributed by atoms with Crippen molar-refractivity contribution in [1.82, 2.24) is 0 Å². The maximum absolute atomic E-state index is 10.3. The van der Waals surface area contributed by atoms with Crippen LogP contribution in [-0.2, 0) is 13.0 Å². The van der Waals surface area contributed by atoms with Crippen LogP contribution in [0.25, 0.3) is 0 Å². The van der Waals surface area contributed by atoms with E-state index in [9.17, 15) is 15.3 Å². The first-order valence-corrected chi connectivity index (χ1v) is 7.70. The normalized spacial score (nSPS) is 10.5. The Morgan fingerprint density at radius 2 is 1.91 bits per heavy atom. The van der Waals surface area contributed by atoms with Gasteiger partial charge in [0.25, 0.3) is 0 Å². The minimum Gasteiger partial charge on any atom is -0.508 e. The molecule has 0 aliphatic heterocycles. The number of phenolic OH excluding ortho intramolecular Hbond substituents is 3. The van der Waals surface area contributed by atoms with Gasteiger partial charge in [0.15, 0.2) is 0 Å². The van der Waals surface area contributed by atoms with Gasteiger partial charge < -0.3 is 25.4 Å². The van der Waals surface area contributed by atoms with Crippen LogP contribution in [0, 0.1) is 0 Å². The van der Waals surface area contributed by atoms with E-state index in [-0.39, 0.29) is 23.8 Å². The number of phenols is 3. The molecule has 0 saturated carbocycles. The number of benzene rings is 2. The van der Waals surface area contributed by atoms with Crippen LogP contribution in [-0.4, -0.2) is 22.4 Å². The Bertz CT molecular complexity index is 670. The lowest BCUT2D eigenvalue weighted by molar-refractivity contribution is 0.400. The topological polar surface area (TPSA) is 82.0 Å². The molecule has 0 aliphatic rings. The minimum absolute atomic E-state index is 0.0978. The SMILES string of the molecule is CCCCc1cc(O)cc(NCc2c(O)cccc2OC)c1O. The Kier molecular flexibility index (Phi) is 5.57. The van der Waals surface area contributed by atoms with Crippen molar-refractivity contribution in [2.24, 2.45) is 0 Å².